The van der Waals surface area contributed by atoms with E-state index >= 15 is 0 Å². The molecule has 0 fully saturated rings. The molecule has 0 saturated carbocycles. The number of anilines is 1. The lowest BCUT2D eigenvalue weighted by atomic mass is 10.1. The highest BCUT2D eigenvalue weighted by atomic mass is 79.9. The Morgan fingerprint density at radius 3 is 2.81 bits per heavy atom. The molecule has 1 unspecified atom stereocenters. The minimum Gasteiger partial charge on any atom is -0.479 e. The van der Waals surface area contributed by atoms with Gasteiger partial charge in [0.05, 0.1) is 0 Å². The molecule has 0 aliphatic carbocycles. The van der Waals surface area contributed by atoms with Gasteiger partial charge in [0.25, 0.3) is 0 Å². The van der Waals surface area contributed by atoms with Crippen molar-refractivity contribution in [1.82, 2.24) is 0 Å². The normalized spacial score (nSPS) is 14.4. The Hall–Kier alpha value is -0.720. The largest absolute Gasteiger partial charge is 0.479 e. The zero-order chi connectivity index (χ0) is 12.3. The number of carboxylic acids is 1. The van der Waals surface area contributed by atoms with E-state index in [2.05, 4.69) is 15.9 Å². The maximum Gasteiger partial charge on any atom is 0.336 e. The van der Waals surface area contributed by atoms with Gasteiger partial charge in [-0.25, -0.2) is 4.79 Å². The van der Waals surface area contributed by atoms with Gasteiger partial charge >= 0.3 is 5.97 Å². The van der Waals surface area contributed by atoms with Crippen molar-refractivity contribution in [3.05, 3.63) is 22.7 Å². The van der Waals surface area contributed by atoms with E-state index < -0.39 is 11.6 Å². The summed E-state index contributed by atoms with van der Waals surface area (Å²) in [5.41, 5.74) is 4.54. The first-order valence-electron chi connectivity index (χ1n) is 4.46. The lowest BCUT2D eigenvalue weighted by Gasteiger charge is -2.17. The second kappa shape index (κ2) is 5.07. The number of aliphatic hydroxyl groups is 1. The molecule has 0 aliphatic heterocycles. The van der Waals surface area contributed by atoms with Crippen LogP contribution in [0.3, 0.4) is 0 Å². The lowest BCUT2D eigenvalue weighted by molar-refractivity contribution is -0.154. The minimum atomic E-state index is -1.75. The van der Waals surface area contributed by atoms with Crippen LogP contribution in [0.1, 0.15) is 6.92 Å². The van der Waals surface area contributed by atoms with Crippen LogP contribution in [0.5, 0.6) is 0 Å². The van der Waals surface area contributed by atoms with Gasteiger partial charge in [-0.2, -0.15) is 0 Å². The summed E-state index contributed by atoms with van der Waals surface area (Å²) in [6, 6.07) is 5.31. The fourth-order valence-corrected chi connectivity index (χ4v) is 2.43. The molecule has 1 atom stereocenters. The van der Waals surface area contributed by atoms with E-state index in [9.17, 15) is 9.90 Å². The first-order chi connectivity index (χ1) is 7.33. The third kappa shape index (κ3) is 3.40. The second-order valence-corrected chi connectivity index (χ2v) is 5.48. The van der Waals surface area contributed by atoms with Crippen LogP contribution in [0, 0.1) is 0 Å². The zero-order valence-corrected chi connectivity index (χ0v) is 11.0. The van der Waals surface area contributed by atoms with Crippen molar-refractivity contribution < 1.29 is 15.0 Å². The quantitative estimate of drug-likeness (QED) is 0.585. The number of rotatable bonds is 4. The Labute approximate surface area is 106 Å². The fraction of sp³-hybridized carbons (Fsp3) is 0.300. The zero-order valence-electron chi connectivity index (χ0n) is 8.61. The topological polar surface area (TPSA) is 83.5 Å². The van der Waals surface area contributed by atoms with Crippen LogP contribution >= 0.6 is 27.7 Å². The molecule has 0 amide bonds. The van der Waals surface area contributed by atoms with Crippen LogP contribution in [-0.4, -0.2) is 27.5 Å². The average Bonchev–Trinajstić information content (AvgIpc) is 2.19. The SMILES string of the molecule is CC(O)(CSc1cc(Br)ccc1N)C(=O)O. The number of halogens is 1. The van der Waals surface area contributed by atoms with Crippen LogP contribution in [0.4, 0.5) is 5.69 Å². The van der Waals surface area contributed by atoms with Crippen LogP contribution in [0.2, 0.25) is 0 Å². The van der Waals surface area contributed by atoms with Crippen molar-refractivity contribution in [2.75, 3.05) is 11.5 Å². The van der Waals surface area contributed by atoms with Crippen molar-refractivity contribution in [3.8, 4) is 0 Å². The number of carboxylic acid groups (broad SMARTS) is 1. The number of thioether (sulfide) groups is 1. The van der Waals surface area contributed by atoms with E-state index in [4.69, 9.17) is 10.8 Å². The van der Waals surface area contributed by atoms with Crippen molar-refractivity contribution in [3.63, 3.8) is 0 Å². The Kier molecular flexibility index (Phi) is 4.23. The number of aliphatic carboxylic acids is 1. The number of benzene rings is 1. The molecule has 1 aromatic rings. The van der Waals surface area contributed by atoms with Gasteiger partial charge in [-0.15, -0.1) is 11.8 Å². The Balaban J connectivity index is 2.75. The van der Waals surface area contributed by atoms with Gasteiger partial charge in [0.1, 0.15) is 0 Å². The fourth-order valence-electron chi connectivity index (χ4n) is 0.913. The summed E-state index contributed by atoms with van der Waals surface area (Å²) in [4.78, 5) is 11.4. The van der Waals surface area contributed by atoms with Crippen LogP contribution in [-0.2, 0) is 4.79 Å². The van der Waals surface area contributed by atoms with Crippen LogP contribution in [0.25, 0.3) is 0 Å². The molecule has 0 heterocycles. The van der Waals surface area contributed by atoms with E-state index in [1.54, 1.807) is 18.2 Å². The molecule has 0 radical (unpaired) electrons. The van der Waals surface area contributed by atoms with Crippen molar-refractivity contribution in [1.29, 1.82) is 0 Å². The summed E-state index contributed by atoms with van der Waals surface area (Å²) in [5, 5.41) is 18.3. The van der Waals surface area contributed by atoms with Gasteiger partial charge in [-0.3, -0.25) is 0 Å². The Bertz CT molecular complexity index is 409. The minimum absolute atomic E-state index is 0.0446. The predicted molar refractivity (Wildman–Crippen MR) is 67.5 cm³/mol. The standard InChI is InChI=1S/C10H12BrNO3S/c1-10(15,9(13)14)5-16-8-4-6(11)2-3-7(8)12/h2-4,15H,5,12H2,1H3,(H,13,14). The van der Waals surface area contributed by atoms with Gasteiger partial charge < -0.3 is 15.9 Å². The van der Waals surface area contributed by atoms with Gasteiger partial charge in [0, 0.05) is 20.8 Å². The van der Waals surface area contributed by atoms with Crippen molar-refractivity contribution in [2.45, 2.75) is 17.4 Å². The summed E-state index contributed by atoms with van der Waals surface area (Å²) < 4.78 is 0.860. The number of nitrogen functional groups attached to an aromatic ring is 1. The third-order valence-corrected chi connectivity index (χ3v) is 3.81. The van der Waals surface area contributed by atoms with Crippen molar-refractivity contribution in [2.24, 2.45) is 0 Å². The molecule has 0 bridgehead atoms. The van der Waals surface area contributed by atoms with Gasteiger partial charge in [-0.1, -0.05) is 15.9 Å². The smallest absolute Gasteiger partial charge is 0.336 e. The number of carbonyl (C=O) groups is 1. The molecule has 0 spiro atoms. The summed E-state index contributed by atoms with van der Waals surface area (Å²) in [5.74, 6) is -1.20. The summed E-state index contributed by atoms with van der Waals surface area (Å²) >= 11 is 4.51. The molecular formula is C10H12BrNO3S. The highest BCUT2D eigenvalue weighted by Crippen LogP contribution is 2.30. The molecule has 4 N–H and O–H groups in total. The monoisotopic (exact) mass is 305 g/mol. The third-order valence-electron chi connectivity index (χ3n) is 1.95. The molecule has 0 saturated heterocycles. The molecule has 1 rings (SSSR count). The van der Waals surface area contributed by atoms with E-state index in [1.165, 1.54) is 18.7 Å². The van der Waals surface area contributed by atoms with Crippen LogP contribution in [0.15, 0.2) is 27.6 Å². The second-order valence-electron chi connectivity index (χ2n) is 3.55. The molecule has 4 nitrogen and oxygen atoms in total. The van der Waals surface area contributed by atoms with E-state index in [-0.39, 0.29) is 5.75 Å². The summed E-state index contributed by atoms with van der Waals surface area (Å²) in [6.07, 6.45) is 0. The maximum absolute atomic E-state index is 10.7. The molecular weight excluding hydrogens is 294 g/mol. The number of nitrogens with two attached hydrogens (primary N) is 1. The van der Waals surface area contributed by atoms with Gasteiger partial charge in [0.15, 0.2) is 5.60 Å². The summed E-state index contributed by atoms with van der Waals surface area (Å²) in [7, 11) is 0. The first kappa shape index (κ1) is 13.3. The molecule has 16 heavy (non-hydrogen) atoms. The molecule has 6 heteroatoms. The average molecular weight is 306 g/mol. The lowest BCUT2D eigenvalue weighted by Crippen LogP contribution is -2.37. The maximum atomic E-state index is 10.7. The van der Waals surface area contributed by atoms with Crippen LogP contribution < -0.4 is 5.73 Å². The highest BCUT2D eigenvalue weighted by Gasteiger charge is 2.30. The van der Waals surface area contributed by atoms with E-state index in [1.807, 2.05) is 0 Å². The molecule has 0 aromatic heterocycles. The Morgan fingerprint density at radius 1 is 1.62 bits per heavy atom. The molecule has 88 valence electrons. The van der Waals surface area contributed by atoms with Crippen molar-refractivity contribution >= 4 is 39.3 Å². The van der Waals surface area contributed by atoms with Gasteiger partial charge in [-0.05, 0) is 25.1 Å². The number of hydrogen-bond donors (Lipinski definition) is 3. The molecule has 1 aromatic carbocycles. The first-order valence-corrected chi connectivity index (χ1v) is 6.24. The van der Waals surface area contributed by atoms with E-state index in [0.29, 0.717) is 5.69 Å². The molecule has 0 aliphatic rings. The Morgan fingerprint density at radius 2 is 2.25 bits per heavy atom. The van der Waals surface area contributed by atoms with E-state index in [0.717, 1.165) is 9.37 Å². The number of hydrogen-bond acceptors (Lipinski definition) is 4. The predicted octanol–water partition coefficient (Wildman–Crippen LogP) is 1.96. The highest BCUT2D eigenvalue weighted by molar-refractivity contribution is 9.10. The summed E-state index contributed by atoms with van der Waals surface area (Å²) in [6.45, 7) is 1.26. The van der Waals surface area contributed by atoms with Gasteiger partial charge in [0.2, 0.25) is 0 Å².